The molecule has 0 bridgehead atoms. The molecule has 0 aliphatic heterocycles. The van der Waals surface area contributed by atoms with E-state index in [0.29, 0.717) is 17.8 Å². The Morgan fingerprint density at radius 3 is 2.80 bits per heavy atom. The number of non-ortho nitro benzene ring substituents is 1. The summed E-state index contributed by atoms with van der Waals surface area (Å²) in [7, 11) is 0. The molecule has 2 aromatic rings. The van der Waals surface area contributed by atoms with Crippen molar-refractivity contribution in [2.24, 2.45) is 0 Å². The van der Waals surface area contributed by atoms with Crippen LogP contribution >= 0.6 is 0 Å². The van der Waals surface area contributed by atoms with Crippen molar-refractivity contribution in [2.75, 3.05) is 5.32 Å². The second kappa shape index (κ2) is 5.80. The zero-order valence-electron chi connectivity index (χ0n) is 10.3. The average Bonchev–Trinajstić information content (AvgIpc) is 2.46. The molecule has 2 rings (SSSR count). The van der Waals surface area contributed by atoms with Gasteiger partial charge in [-0.1, -0.05) is 12.1 Å². The first-order chi connectivity index (χ1) is 9.60. The van der Waals surface area contributed by atoms with E-state index in [1.807, 2.05) is 6.07 Å². The number of nitriles is 1. The van der Waals surface area contributed by atoms with E-state index in [-0.39, 0.29) is 11.3 Å². The third-order valence-electron chi connectivity index (χ3n) is 2.71. The van der Waals surface area contributed by atoms with E-state index in [2.05, 4.69) is 5.32 Å². The van der Waals surface area contributed by atoms with Crippen LogP contribution in [0.4, 0.5) is 15.8 Å². The highest BCUT2D eigenvalue weighted by Gasteiger charge is 2.07. The van der Waals surface area contributed by atoms with Gasteiger partial charge in [-0.2, -0.15) is 5.26 Å². The topological polar surface area (TPSA) is 79.0 Å². The third kappa shape index (κ3) is 3.09. The second-order valence-electron chi connectivity index (χ2n) is 4.08. The Bertz CT molecular complexity index is 695. The smallest absolute Gasteiger partial charge is 0.269 e. The van der Waals surface area contributed by atoms with Gasteiger partial charge < -0.3 is 5.32 Å². The van der Waals surface area contributed by atoms with Gasteiger partial charge in [0.2, 0.25) is 0 Å². The normalized spacial score (nSPS) is 9.80. The minimum Gasteiger partial charge on any atom is -0.380 e. The van der Waals surface area contributed by atoms with Gasteiger partial charge in [-0.3, -0.25) is 10.1 Å². The molecule has 0 amide bonds. The molecule has 100 valence electrons. The fraction of sp³-hybridized carbons (Fsp3) is 0.0714. The minimum atomic E-state index is -0.484. The van der Waals surface area contributed by atoms with Crippen molar-refractivity contribution in [3.8, 4) is 6.07 Å². The number of hydrogen-bond donors (Lipinski definition) is 1. The summed E-state index contributed by atoms with van der Waals surface area (Å²) >= 11 is 0. The first-order valence-corrected chi connectivity index (χ1v) is 5.77. The summed E-state index contributed by atoms with van der Waals surface area (Å²) in [6.45, 7) is 0.308. The Morgan fingerprint density at radius 2 is 2.10 bits per heavy atom. The molecule has 0 radical (unpaired) electrons. The molecule has 6 heteroatoms. The van der Waals surface area contributed by atoms with Crippen LogP contribution in [0.15, 0.2) is 42.5 Å². The van der Waals surface area contributed by atoms with E-state index < -0.39 is 10.7 Å². The van der Waals surface area contributed by atoms with Crippen molar-refractivity contribution >= 4 is 11.4 Å². The zero-order chi connectivity index (χ0) is 14.5. The maximum Gasteiger partial charge on any atom is 0.269 e. The van der Waals surface area contributed by atoms with E-state index in [1.54, 1.807) is 12.1 Å². The number of nitrogens with one attached hydrogen (secondary N) is 1. The van der Waals surface area contributed by atoms with Crippen LogP contribution in [0, 0.1) is 27.3 Å². The molecule has 0 unspecified atom stereocenters. The number of benzene rings is 2. The highest BCUT2D eigenvalue weighted by Crippen LogP contribution is 2.18. The SMILES string of the molecule is N#Cc1cc(F)ccc1NCc1cccc([N+](=O)[O-])c1. The van der Waals surface area contributed by atoms with Crippen LogP contribution in [0.5, 0.6) is 0 Å². The van der Waals surface area contributed by atoms with E-state index in [9.17, 15) is 14.5 Å². The quantitative estimate of drug-likeness (QED) is 0.684. The van der Waals surface area contributed by atoms with Crippen molar-refractivity contribution in [3.05, 3.63) is 69.5 Å². The second-order valence-corrected chi connectivity index (χ2v) is 4.08. The molecule has 0 fully saturated rings. The molecule has 2 aromatic carbocycles. The molecule has 0 aliphatic carbocycles. The summed E-state index contributed by atoms with van der Waals surface area (Å²) in [5.41, 5.74) is 1.38. The molecular formula is C14H10FN3O2. The highest BCUT2D eigenvalue weighted by molar-refractivity contribution is 5.57. The first kappa shape index (κ1) is 13.5. The lowest BCUT2D eigenvalue weighted by atomic mass is 10.1. The number of nitrogens with zero attached hydrogens (tertiary/aromatic N) is 2. The first-order valence-electron chi connectivity index (χ1n) is 5.77. The van der Waals surface area contributed by atoms with Crippen LogP contribution in [0.2, 0.25) is 0 Å². The van der Waals surface area contributed by atoms with Crippen LogP contribution in [0.3, 0.4) is 0 Å². The van der Waals surface area contributed by atoms with Crippen LogP contribution in [0.25, 0.3) is 0 Å². The van der Waals surface area contributed by atoms with Gasteiger partial charge in [-0.25, -0.2) is 4.39 Å². The largest absolute Gasteiger partial charge is 0.380 e. The van der Waals surface area contributed by atoms with E-state index >= 15 is 0 Å². The summed E-state index contributed by atoms with van der Waals surface area (Å²) in [4.78, 5) is 10.2. The fourth-order valence-electron chi connectivity index (χ4n) is 1.74. The Morgan fingerprint density at radius 1 is 1.30 bits per heavy atom. The molecule has 0 aromatic heterocycles. The Hall–Kier alpha value is -2.94. The monoisotopic (exact) mass is 271 g/mol. The Balaban J connectivity index is 2.15. The van der Waals surface area contributed by atoms with Gasteiger partial charge in [0.15, 0.2) is 0 Å². The average molecular weight is 271 g/mol. The maximum absolute atomic E-state index is 13.0. The van der Waals surface area contributed by atoms with Gasteiger partial charge in [0, 0.05) is 18.7 Å². The maximum atomic E-state index is 13.0. The lowest BCUT2D eigenvalue weighted by Crippen LogP contribution is -2.02. The molecule has 0 saturated heterocycles. The molecule has 0 saturated carbocycles. The van der Waals surface area contributed by atoms with Crippen LogP contribution in [0.1, 0.15) is 11.1 Å². The molecule has 5 nitrogen and oxygen atoms in total. The van der Waals surface area contributed by atoms with Crippen molar-refractivity contribution in [1.29, 1.82) is 5.26 Å². The molecule has 0 heterocycles. The molecule has 20 heavy (non-hydrogen) atoms. The molecule has 0 atom stereocenters. The van der Waals surface area contributed by atoms with Crippen molar-refractivity contribution in [1.82, 2.24) is 0 Å². The van der Waals surface area contributed by atoms with Gasteiger partial charge in [0.05, 0.1) is 16.2 Å². The predicted octanol–water partition coefficient (Wildman–Crippen LogP) is 3.22. The summed E-state index contributed by atoms with van der Waals surface area (Å²) in [6.07, 6.45) is 0. The number of anilines is 1. The van der Waals surface area contributed by atoms with E-state index in [1.165, 1.54) is 24.3 Å². The van der Waals surface area contributed by atoms with E-state index in [0.717, 1.165) is 6.07 Å². The number of nitro groups is 1. The lowest BCUT2D eigenvalue weighted by molar-refractivity contribution is -0.384. The van der Waals surface area contributed by atoms with Crippen LogP contribution < -0.4 is 5.32 Å². The number of hydrogen-bond acceptors (Lipinski definition) is 4. The zero-order valence-corrected chi connectivity index (χ0v) is 10.3. The van der Waals surface area contributed by atoms with Crippen LogP contribution in [-0.2, 0) is 6.54 Å². The third-order valence-corrected chi connectivity index (χ3v) is 2.71. The minimum absolute atomic E-state index is 0.00362. The molecule has 1 N–H and O–H groups in total. The van der Waals surface area contributed by atoms with Gasteiger partial charge in [0.25, 0.3) is 5.69 Å². The summed E-state index contributed by atoms with van der Waals surface area (Å²) in [5, 5.41) is 22.5. The predicted molar refractivity (Wildman–Crippen MR) is 71.5 cm³/mol. The molecule has 0 aliphatic rings. The molecule has 0 spiro atoms. The highest BCUT2D eigenvalue weighted by atomic mass is 19.1. The van der Waals surface area contributed by atoms with Crippen molar-refractivity contribution < 1.29 is 9.31 Å². The van der Waals surface area contributed by atoms with E-state index in [4.69, 9.17) is 5.26 Å². The Labute approximate surface area is 114 Å². The lowest BCUT2D eigenvalue weighted by Gasteiger charge is -2.08. The van der Waals surface area contributed by atoms with Gasteiger partial charge >= 0.3 is 0 Å². The number of nitro benzene ring substituents is 1. The summed E-state index contributed by atoms with van der Waals surface area (Å²) in [5.74, 6) is -0.484. The van der Waals surface area contributed by atoms with Gasteiger partial charge in [0.1, 0.15) is 11.9 Å². The summed E-state index contributed by atoms with van der Waals surface area (Å²) in [6, 6.07) is 11.9. The van der Waals surface area contributed by atoms with Crippen LogP contribution in [-0.4, -0.2) is 4.92 Å². The molecular weight excluding hydrogens is 261 g/mol. The van der Waals surface area contributed by atoms with Gasteiger partial charge in [-0.15, -0.1) is 0 Å². The standard InChI is InChI=1S/C14H10FN3O2/c15-12-4-5-14(11(7-12)8-16)17-9-10-2-1-3-13(6-10)18(19)20/h1-7,17H,9H2. The van der Waals surface area contributed by atoms with Gasteiger partial charge in [-0.05, 0) is 23.8 Å². The summed E-state index contributed by atoms with van der Waals surface area (Å²) < 4.78 is 13.0. The van der Waals surface area contributed by atoms with Crippen molar-refractivity contribution in [2.45, 2.75) is 6.54 Å². The Kier molecular flexibility index (Phi) is 3.91. The number of rotatable bonds is 4. The van der Waals surface area contributed by atoms with Crippen molar-refractivity contribution in [3.63, 3.8) is 0 Å². The number of halogens is 1. The fourth-order valence-corrected chi connectivity index (χ4v) is 1.74.